The van der Waals surface area contributed by atoms with E-state index < -0.39 is 36.0 Å². The molecule has 0 bridgehead atoms. The van der Waals surface area contributed by atoms with Crippen molar-refractivity contribution in [2.24, 2.45) is 22.2 Å². The molecular formula is C46H68N4O11. The van der Waals surface area contributed by atoms with Gasteiger partial charge in [0.15, 0.2) is 6.61 Å². The van der Waals surface area contributed by atoms with Crippen molar-refractivity contribution in [2.75, 3.05) is 59.4 Å². The number of nitrogens with one attached hydrogen (secondary N) is 2. The molecule has 1 aromatic carbocycles. The number of nitrogens with zero attached hydrogens (tertiary/aromatic N) is 1. The van der Waals surface area contributed by atoms with Crippen molar-refractivity contribution in [1.29, 1.82) is 0 Å². The molecule has 0 fully saturated rings. The molecule has 15 nitrogen and oxygen atoms in total. The van der Waals surface area contributed by atoms with E-state index in [1.165, 1.54) is 0 Å². The second-order valence-corrected chi connectivity index (χ2v) is 15.9. The lowest BCUT2D eigenvalue weighted by molar-refractivity contribution is -0.151. The highest BCUT2D eigenvalue weighted by Crippen LogP contribution is 2.40. The summed E-state index contributed by atoms with van der Waals surface area (Å²) in [4.78, 5) is 54.0. The van der Waals surface area contributed by atoms with Gasteiger partial charge in [0.1, 0.15) is 18.8 Å². The molecule has 0 aromatic heterocycles. The second-order valence-electron chi connectivity index (χ2n) is 15.9. The van der Waals surface area contributed by atoms with Crippen molar-refractivity contribution >= 4 is 29.5 Å². The molecule has 2 rings (SSSR count). The number of allylic oxidation sites excluding steroid dienone is 9. The zero-order chi connectivity index (χ0) is 45.2. The summed E-state index contributed by atoms with van der Waals surface area (Å²) in [6.45, 7) is 15.6. The minimum absolute atomic E-state index is 0.0173. The van der Waals surface area contributed by atoms with Crippen molar-refractivity contribution < 1.29 is 53.2 Å². The topological polar surface area (TPSA) is 217 Å². The number of aliphatic carboxylic acids is 1. The number of esters is 1. The highest BCUT2D eigenvalue weighted by molar-refractivity contribution is 6.01. The first kappa shape index (κ1) is 52.2. The molecule has 1 aliphatic rings. The zero-order valence-corrected chi connectivity index (χ0v) is 36.9. The van der Waals surface area contributed by atoms with Gasteiger partial charge in [0.05, 0.1) is 45.4 Å². The van der Waals surface area contributed by atoms with Crippen molar-refractivity contribution in [3.8, 4) is 0 Å². The number of aliphatic hydroxyl groups is 1. The van der Waals surface area contributed by atoms with E-state index in [2.05, 4.69) is 35.7 Å². The fourth-order valence-corrected chi connectivity index (χ4v) is 6.21. The highest BCUT2D eigenvalue weighted by Gasteiger charge is 2.31. The SMILES string of the molecule is CC1=C(/C=C/C(C)=C/C=C/C(C)=C/C(=O)O)C(C)(C)CC/C1=N/OCC(=O)NCCOCCOCCOCCOC(=O)[C@H](CC(C)C)NC(=O)[C@@H](O)[C@H](N)Cc1ccccc1. The van der Waals surface area contributed by atoms with Gasteiger partial charge in [0, 0.05) is 18.7 Å². The summed E-state index contributed by atoms with van der Waals surface area (Å²) in [5.74, 6) is -2.56. The third kappa shape index (κ3) is 21.9. The van der Waals surface area contributed by atoms with Crippen molar-refractivity contribution in [3.05, 3.63) is 94.6 Å². The van der Waals surface area contributed by atoms with Gasteiger partial charge in [-0.2, -0.15) is 0 Å². The van der Waals surface area contributed by atoms with Crippen molar-refractivity contribution in [2.45, 2.75) is 92.3 Å². The summed E-state index contributed by atoms with van der Waals surface area (Å²) in [6, 6.07) is 7.51. The Kier molecular flexibility index (Phi) is 24.5. The Morgan fingerprint density at radius 2 is 1.57 bits per heavy atom. The molecule has 0 saturated heterocycles. The van der Waals surface area contributed by atoms with Crippen molar-refractivity contribution in [1.82, 2.24) is 10.6 Å². The van der Waals surface area contributed by atoms with Crippen LogP contribution in [-0.4, -0.2) is 117 Å². The molecule has 0 saturated carbocycles. The molecule has 3 atom stereocenters. The molecule has 15 heteroatoms. The quantitative estimate of drug-likeness (QED) is 0.0254. The molecule has 0 radical (unpaired) electrons. The molecule has 2 amide bonds. The summed E-state index contributed by atoms with van der Waals surface area (Å²) in [5.41, 5.74) is 11.5. The first-order chi connectivity index (χ1) is 29.0. The molecule has 1 aliphatic carbocycles. The van der Waals surface area contributed by atoms with E-state index in [0.29, 0.717) is 44.8 Å². The van der Waals surface area contributed by atoms with E-state index in [9.17, 15) is 24.3 Å². The van der Waals surface area contributed by atoms with Gasteiger partial charge in [0.25, 0.3) is 11.8 Å². The molecule has 6 N–H and O–H groups in total. The van der Waals surface area contributed by atoms with Crippen LogP contribution < -0.4 is 16.4 Å². The number of aliphatic hydroxyl groups excluding tert-OH is 1. The number of carbonyl (C=O) groups is 4. The molecule has 0 heterocycles. The maximum absolute atomic E-state index is 12.8. The largest absolute Gasteiger partial charge is 0.478 e. The predicted octanol–water partition coefficient (Wildman–Crippen LogP) is 4.76. The Hall–Kier alpha value is -4.93. The fraction of sp³-hybridized carbons (Fsp3) is 0.543. The summed E-state index contributed by atoms with van der Waals surface area (Å²) in [7, 11) is 0. The monoisotopic (exact) mass is 852 g/mol. The Morgan fingerprint density at radius 3 is 2.21 bits per heavy atom. The van der Waals surface area contributed by atoms with E-state index in [1.807, 2.05) is 76.3 Å². The lowest BCUT2D eigenvalue weighted by Crippen LogP contribution is -2.52. The first-order valence-electron chi connectivity index (χ1n) is 20.8. The molecule has 61 heavy (non-hydrogen) atoms. The lowest BCUT2D eigenvalue weighted by atomic mass is 9.72. The third-order valence-corrected chi connectivity index (χ3v) is 9.59. The standard InChI is InChI=1S/C46H68N4O11/c1-32(2)28-40(49-44(55)43(54)38(47)30-36-14-9-8-10-15-36)45(56)60-27-26-59-25-24-58-23-22-57-21-20-48-41(51)31-61-50-39-18-19-46(6,7)37(35(39)5)17-16-33(3)12-11-13-34(4)29-42(52)53/h8-17,29,32,38,40,43,54H,18-28,30-31,47H2,1-7H3,(H,48,51)(H,49,55)(H,52,53)/b13-11+,17-16+,33-12+,34-29+,50-39-/t38-,40+,43+/m1/s1. The van der Waals surface area contributed by atoms with Crippen LogP contribution in [0.1, 0.15) is 73.3 Å². The van der Waals surface area contributed by atoms with Gasteiger partial charge in [-0.05, 0) is 80.1 Å². The normalized spacial score (nSPS) is 16.9. The summed E-state index contributed by atoms with van der Waals surface area (Å²) in [5, 5.41) is 29.0. The Balaban J connectivity index is 1.59. The summed E-state index contributed by atoms with van der Waals surface area (Å²) in [6.07, 6.45) is 11.5. The lowest BCUT2D eigenvalue weighted by Gasteiger charge is -2.33. The van der Waals surface area contributed by atoms with E-state index in [0.717, 1.165) is 46.9 Å². The maximum atomic E-state index is 12.8. The highest BCUT2D eigenvalue weighted by atomic mass is 16.6. The number of carboxylic acids is 1. The Morgan fingerprint density at radius 1 is 0.934 bits per heavy atom. The molecule has 0 aliphatic heterocycles. The van der Waals surface area contributed by atoms with Crippen LogP contribution in [0.25, 0.3) is 0 Å². The molecule has 0 unspecified atom stereocenters. The Labute approximate surface area is 361 Å². The van der Waals surface area contributed by atoms with Crippen LogP contribution in [0.5, 0.6) is 0 Å². The average molecular weight is 853 g/mol. The van der Waals surface area contributed by atoms with Gasteiger partial charge in [-0.15, -0.1) is 0 Å². The van der Waals surface area contributed by atoms with Gasteiger partial charge in [0.2, 0.25) is 0 Å². The molecule has 338 valence electrons. The van der Waals surface area contributed by atoms with Gasteiger partial charge in [-0.3, -0.25) is 9.59 Å². The number of amides is 2. The maximum Gasteiger partial charge on any atom is 0.328 e. The summed E-state index contributed by atoms with van der Waals surface area (Å²) >= 11 is 0. The van der Waals surface area contributed by atoms with Crippen LogP contribution in [0.4, 0.5) is 0 Å². The van der Waals surface area contributed by atoms with E-state index in [1.54, 1.807) is 13.0 Å². The smallest absolute Gasteiger partial charge is 0.328 e. The van der Waals surface area contributed by atoms with Gasteiger partial charge >= 0.3 is 11.9 Å². The number of rotatable bonds is 28. The van der Waals surface area contributed by atoms with Crippen LogP contribution in [-0.2, 0) is 49.4 Å². The summed E-state index contributed by atoms with van der Waals surface area (Å²) < 4.78 is 21.8. The van der Waals surface area contributed by atoms with Crippen molar-refractivity contribution in [3.63, 3.8) is 0 Å². The minimum Gasteiger partial charge on any atom is -0.478 e. The number of carbonyl (C=O) groups excluding carboxylic acids is 3. The zero-order valence-electron chi connectivity index (χ0n) is 36.9. The molecule has 1 aromatic rings. The Bertz CT molecular complexity index is 1730. The minimum atomic E-state index is -1.49. The van der Waals surface area contributed by atoms with E-state index in [4.69, 9.17) is 34.6 Å². The van der Waals surface area contributed by atoms with Crippen LogP contribution in [0, 0.1) is 11.3 Å². The van der Waals surface area contributed by atoms with Crippen LogP contribution >= 0.6 is 0 Å². The first-order valence-corrected chi connectivity index (χ1v) is 20.8. The second kappa shape index (κ2) is 28.6. The number of nitrogens with two attached hydrogens (primary N) is 1. The van der Waals surface area contributed by atoms with Gasteiger partial charge in [-0.1, -0.05) is 99.1 Å². The average Bonchev–Trinajstić information content (AvgIpc) is 3.19. The number of ether oxygens (including phenoxy) is 4. The molecular weight excluding hydrogens is 785 g/mol. The fourth-order valence-electron chi connectivity index (χ4n) is 6.21. The third-order valence-electron chi connectivity index (χ3n) is 9.59. The van der Waals surface area contributed by atoms with Crippen LogP contribution in [0.15, 0.2) is 94.2 Å². The van der Waals surface area contributed by atoms with Gasteiger partial charge < -0.3 is 50.4 Å². The number of oxime groups is 1. The van der Waals surface area contributed by atoms with Gasteiger partial charge in [-0.25, -0.2) is 9.59 Å². The number of carboxylic acid groups (broad SMARTS) is 1. The predicted molar refractivity (Wildman–Crippen MR) is 234 cm³/mol. The van der Waals surface area contributed by atoms with Crippen LogP contribution in [0.3, 0.4) is 0 Å². The number of benzene rings is 1. The number of hydrogen-bond acceptors (Lipinski definition) is 12. The van der Waals surface area contributed by atoms with E-state index in [-0.39, 0.29) is 50.3 Å². The van der Waals surface area contributed by atoms with E-state index >= 15 is 0 Å². The molecule has 0 spiro atoms. The van der Waals surface area contributed by atoms with Crippen LogP contribution in [0.2, 0.25) is 0 Å². The number of hydrogen-bond donors (Lipinski definition) is 5.